The molecule has 6 nitrogen and oxygen atoms in total. The quantitative estimate of drug-likeness (QED) is 0.0346. The molecule has 0 aliphatic rings. The van der Waals surface area contributed by atoms with Crippen molar-refractivity contribution in [2.24, 2.45) is 11.8 Å². The molecular formula is C51H98O6. The summed E-state index contributed by atoms with van der Waals surface area (Å²) in [6, 6.07) is 0. The summed E-state index contributed by atoms with van der Waals surface area (Å²) in [5, 5.41) is 0. The summed E-state index contributed by atoms with van der Waals surface area (Å²) in [5.41, 5.74) is 0. The Morgan fingerprint density at radius 3 is 0.860 bits per heavy atom. The summed E-state index contributed by atoms with van der Waals surface area (Å²) in [7, 11) is 0. The van der Waals surface area contributed by atoms with Crippen molar-refractivity contribution in [3.63, 3.8) is 0 Å². The fourth-order valence-corrected chi connectivity index (χ4v) is 7.64. The van der Waals surface area contributed by atoms with Gasteiger partial charge in [0.25, 0.3) is 0 Å². The molecule has 0 bridgehead atoms. The molecule has 0 amide bonds. The zero-order chi connectivity index (χ0) is 41.9. The number of carbonyl (C=O) groups excluding carboxylic acids is 3. The Bertz CT molecular complexity index is 870. The van der Waals surface area contributed by atoms with Crippen LogP contribution in [-0.4, -0.2) is 37.2 Å². The highest BCUT2D eigenvalue weighted by molar-refractivity contribution is 5.71. The van der Waals surface area contributed by atoms with Crippen molar-refractivity contribution in [1.29, 1.82) is 0 Å². The first kappa shape index (κ1) is 55.4. The van der Waals surface area contributed by atoms with Gasteiger partial charge in [-0.25, -0.2) is 0 Å². The summed E-state index contributed by atoms with van der Waals surface area (Å²) in [6.45, 7) is 11.3. The number of rotatable bonds is 45. The zero-order valence-electron chi connectivity index (χ0n) is 39.0. The molecule has 57 heavy (non-hydrogen) atoms. The number of hydrogen-bond acceptors (Lipinski definition) is 6. The maximum absolute atomic E-state index is 12.8. The van der Waals surface area contributed by atoms with Gasteiger partial charge in [0.15, 0.2) is 6.10 Å². The van der Waals surface area contributed by atoms with E-state index in [4.69, 9.17) is 14.2 Å². The first-order valence-corrected chi connectivity index (χ1v) is 25.2. The number of hydrogen-bond donors (Lipinski definition) is 0. The van der Waals surface area contributed by atoms with Crippen LogP contribution < -0.4 is 0 Å². The van der Waals surface area contributed by atoms with E-state index in [0.29, 0.717) is 19.3 Å². The van der Waals surface area contributed by atoms with Crippen LogP contribution in [0.1, 0.15) is 279 Å². The minimum Gasteiger partial charge on any atom is -0.462 e. The van der Waals surface area contributed by atoms with Crippen LogP contribution in [0.5, 0.6) is 0 Å². The molecule has 338 valence electrons. The van der Waals surface area contributed by atoms with Gasteiger partial charge in [0, 0.05) is 19.3 Å². The number of unbranched alkanes of at least 4 members (excludes halogenated alkanes) is 30. The highest BCUT2D eigenvalue weighted by Crippen LogP contribution is 2.17. The highest BCUT2D eigenvalue weighted by atomic mass is 16.6. The van der Waals surface area contributed by atoms with Gasteiger partial charge >= 0.3 is 17.9 Å². The number of esters is 3. The predicted octanol–water partition coefficient (Wildman–Crippen LogP) is 16.1. The molecule has 0 unspecified atom stereocenters. The normalized spacial score (nSPS) is 12.1. The van der Waals surface area contributed by atoms with E-state index < -0.39 is 6.10 Å². The first-order chi connectivity index (χ1) is 27.7. The van der Waals surface area contributed by atoms with Crippen molar-refractivity contribution >= 4 is 17.9 Å². The van der Waals surface area contributed by atoms with E-state index in [1.54, 1.807) is 0 Å². The van der Waals surface area contributed by atoms with Crippen LogP contribution in [0.3, 0.4) is 0 Å². The first-order valence-electron chi connectivity index (χ1n) is 25.2. The maximum atomic E-state index is 12.8. The smallest absolute Gasteiger partial charge is 0.306 e. The van der Waals surface area contributed by atoms with Gasteiger partial charge in [0.05, 0.1) is 0 Å². The number of ether oxygens (including phenoxy) is 3. The van der Waals surface area contributed by atoms with Gasteiger partial charge in [-0.05, 0) is 31.1 Å². The van der Waals surface area contributed by atoms with Gasteiger partial charge in [-0.15, -0.1) is 0 Å². The second-order valence-corrected chi connectivity index (χ2v) is 18.4. The largest absolute Gasteiger partial charge is 0.462 e. The Labute approximate surface area is 355 Å². The lowest BCUT2D eigenvalue weighted by atomic mass is 10.0. The molecule has 0 aromatic heterocycles. The van der Waals surface area contributed by atoms with E-state index >= 15 is 0 Å². The van der Waals surface area contributed by atoms with Gasteiger partial charge < -0.3 is 14.2 Å². The van der Waals surface area contributed by atoms with Crippen LogP contribution in [-0.2, 0) is 28.6 Å². The SMILES string of the molecule is CCCCCCCCCCCCC(=O)OC[C@H](COC(=O)CCCCCCCCCC(C)C)OC(=O)CCCCCCCCCCCCCCCCCCC(C)C. The Morgan fingerprint density at radius 1 is 0.333 bits per heavy atom. The molecule has 0 aromatic carbocycles. The monoisotopic (exact) mass is 807 g/mol. The summed E-state index contributed by atoms with van der Waals surface area (Å²) in [5.74, 6) is 0.779. The lowest BCUT2D eigenvalue weighted by molar-refractivity contribution is -0.167. The molecule has 0 fully saturated rings. The van der Waals surface area contributed by atoms with Gasteiger partial charge in [-0.1, -0.05) is 240 Å². The van der Waals surface area contributed by atoms with E-state index in [9.17, 15) is 14.4 Å². The average molecular weight is 807 g/mol. The molecule has 0 spiro atoms. The molecular weight excluding hydrogens is 709 g/mol. The molecule has 0 aliphatic heterocycles. The summed E-state index contributed by atoms with van der Waals surface area (Å²) in [4.78, 5) is 37.8. The van der Waals surface area contributed by atoms with E-state index in [0.717, 1.165) is 69.6 Å². The van der Waals surface area contributed by atoms with E-state index in [-0.39, 0.29) is 31.1 Å². The third-order valence-electron chi connectivity index (χ3n) is 11.5. The second kappa shape index (κ2) is 44.0. The van der Waals surface area contributed by atoms with Crippen LogP contribution >= 0.6 is 0 Å². The fourth-order valence-electron chi connectivity index (χ4n) is 7.64. The third kappa shape index (κ3) is 45.3. The maximum Gasteiger partial charge on any atom is 0.306 e. The van der Waals surface area contributed by atoms with Gasteiger partial charge in [-0.3, -0.25) is 14.4 Å². The van der Waals surface area contributed by atoms with E-state index in [2.05, 4.69) is 34.6 Å². The van der Waals surface area contributed by atoms with Crippen molar-refractivity contribution in [2.45, 2.75) is 285 Å². The summed E-state index contributed by atoms with van der Waals surface area (Å²) >= 11 is 0. The molecule has 0 N–H and O–H groups in total. The average Bonchev–Trinajstić information content (AvgIpc) is 3.18. The van der Waals surface area contributed by atoms with Crippen LogP contribution in [0.15, 0.2) is 0 Å². The van der Waals surface area contributed by atoms with Gasteiger partial charge in [0.1, 0.15) is 13.2 Å². The molecule has 0 aromatic rings. The standard InChI is InChI=1S/C51H98O6/c1-6-7-8-9-10-11-21-26-31-36-41-49(52)55-44-48(45-56-50(53)42-37-32-28-23-25-30-35-40-47(4)5)57-51(54)43-38-33-27-22-19-17-15-13-12-14-16-18-20-24-29-34-39-46(2)3/h46-48H,6-45H2,1-5H3/t48-/m1/s1. The topological polar surface area (TPSA) is 78.9 Å². The van der Waals surface area contributed by atoms with Gasteiger partial charge in [0.2, 0.25) is 0 Å². The highest BCUT2D eigenvalue weighted by Gasteiger charge is 2.19. The second-order valence-electron chi connectivity index (χ2n) is 18.4. The Morgan fingerprint density at radius 2 is 0.579 bits per heavy atom. The minimum absolute atomic E-state index is 0.0645. The molecule has 0 saturated carbocycles. The molecule has 0 heterocycles. The molecule has 1 atom stereocenters. The summed E-state index contributed by atoms with van der Waals surface area (Å²) in [6.07, 6.45) is 43.9. The lowest BCUT2D eigenvalue weighted by Gasteiger charge is -2.18. The van der Waals surface area contributed by atoms with Gasteiger partial charge in [-0.2, -0.15) is 0 Å². The summed E-state index contributed by atoms with van der Waals surface area (Å²) < 4.78 is 16.8. The molecule has 0 saturated heterocycles. The lowest BCUT2D eigenvalue weighted by Crippen LogP contribution is -2.30. The van der Waals surface area contributed by atoms with E-state index in [1.165, 1.54) is 167 Å². The van der Waals surface area contributed by atoms with Crippen LogP contribution in [0.2, 0.25) is 0 Å². The zero-order valence-corrected chi connectivity index (χ0v) is 39.0. The Hall–Kier alpha value is -1.59. The van der Waals surface area contributed by atoms with E-state index in [1.807, 2.05) is 0 Å². The van der Waals surface area contributed by atoms with Crippen molar-refractivity contribution in [3.8, 4) is 0 Å². The van der Waals surface area contributed by atoms with Crippen molar-refractivity contribution in [3.05, 3.63) is 0 Å². The molecule has 6 heteroatoms. The molecule has 0 radical (unpaired) electrons. The molecule has 0 rings (SSSR count). The van der Waals surface area contributed by atoms with Crippen molar-refractivity contribution in [2.75, 3.05) is 13.2 Å². The van der Waals surface area contributed by atoms with Crippen molar-refractivity contribution in [1.82, 2.24) is 0 Å². The Kier molecular flexibility index (Phi) is 42.7. The minimum atomic E-state index is -0.761. The van der Waals surface area contributed by atoms with Crippen molar-refractivity contribution < 1.29 is 28.6 Å². The Balaban J connectivity index is 4.24. The van der Waals surface area contributed by atoms with Crippen LogP contribution in [0.25, 0.3) is 0 Å². The number of carbonyl (C=O) groups is 3. The fraction of sp³-hybridized carbons (Fsp3) is 0.941. The third-order valence-corrected chi connectivity index (χ3v) is 11.5. The molecule has 0 aliphatic carbocycles. The van der Waals surface area contributed by atoms with Crippen LogP contribution in [0, 0.1) is 11.8 Å². The van der Waals surface area contributed by atoms with Crippen LogP contribution in [0.4, 0.5) is 0 Å². The predicted molar refractivity (Wildman–Crippen MR) is 243 cm³/mol.